The van der Waals surface area contributed by atoms with Crippen LogP contribution >= 0.6 is 11.3 Å². The van der Waals surface area contributed by atoms with Gasteiger partial charge in [0, 0.05) is 16.6 Å². The number of rotatable bonds is 5. The number of benzene rings is 1. The topological polar surface area (TPSA) is 32.3 Å². The third-order valence-electron chi connectivity index (χ3n) is 4.37. The molecule has 1 saturated heterocycles. The maximum Gasteiger partial charge on any atom is 0.241 e. The zero-order valence-corrected chi connectivity index (χ0v) is 14.0. The molecule has 2 atom stereocenters. The molecule has 1 fully saturated rings. The number of nitrogens with zero attached hydrogens (tertiary/aromatic N) is 1. The Morgan fingerprint density at radius 1 is 1.39 bits per heavy atom. The predicted molar refractivity (Wildman–Crippen MR) is 92.1 cm³/mol. The van der Waals surface area contributed by atoms with Crippen molar-refractivity contribution in [3.05, 3.63) is 52.5 Å². The molecule has 0 radical (unpaired) electrons. The molecule has 0 aliphatic carbocycles. The van der Waals surface area contributed by atoms with Crippen molar-refractivity contribution >= 4 is 22.9 Å². The van der Waals surface area contributed by atoms with E-state index in [1.54, 1.807) is 23.5 Å². The monoisotopic (exact) mass is 332 g/mol. The average Bonchev–Trinajstić information content (AvgIpc) is 3.21. The molecule has 1 aliphatic heterocycles. The molecule has 2 unspecified atom stereocenters. The molecule has 1 aromatic heterocycles. The molecule has 1 amide bonds. The number of hydrogen-bond acceptors (Lipinski definition) is 3. The van der Waals surface area contributed by atoms with E-state index in [1.807, 2.05) is 6.92 Å². The Labute approximate surface area is 140 Å². The molecule has 0 bridgehead atoms. The Kier molecular flexibility index (Phi) is 5.08. The lowest BCUT2D eigenvalue weighted by Gasteiger charge is -2.31. The van der Waals surface area contributed by atoms with Gasteiger partial charge in [-0.2, -0.15) is 0 Å². The van der Waals surface area contributed by atoms with E-state index in [9.17, 15) is 9.18 Å². The number of nitrogens with one attached hydrogen (secondary N) is 1. The minimum Gasteiger partial charge on any atom is -0.325 e. The minimum atomic E-state index is -0.299. The number of thiophene rings is 1. The molecular formula is C18H21FN2OS. The first-order chi connectivity index (χ1) is 11.2. The van der Waals surface area contributed by atoms with Crippen LogP contribution in [-0.2, 0) is 4.79 Å². The van der Waals surface area contributed by atoms with Crippen LogP contribution in [0.5, 0.6) is 0 Å². The molecule has 2 heterocycles. The molecule has 23 heavy (non-hydrogen) atoms. The van der Waals surface area contributed by atoms with Crippen molar-refractivity contribution in [2.24, 2.45) is 0 Å². The van der Waals surface area contributed by atoms with Gasteiger partial charge in [-0.25, -0.2) is 4.39 Å². The van der Waals surface area contributed by atoms with Crippen LogP contribution in [0.15, 0.2) is 41.8 Å². The van der Waals surface area contributed by atoms with Crippen molar-refractivity contribution in [3.63, 3.8) is 0 Å². The van der Waals surface area contributed by atoms with Gasteiger partial charge >= 0.3 is 0 Å². The number of hydrogen-bond donors (Lipinski definition) is 1. The molecule has 3 rings (SSSR count). The van der Waals surface area contributed by atoms with E-state index in [-0.39, 0.29) is 17.8 Å². The van der Waals surface area contributed by atoms with Gasteiger partial charge in [-0.05, 0) is 61.5 Å². The Morgan fingerprint density at radius 3 is 2.83 bits per heavy atom. The lowest BCUT2D eigenvalue weighted by atomic mass is 10.1. The standard InChI is InChI=1S/C18H21FN2OS/c1-2-15(18(22)20-14-9-7-13(19)8-10-14)21-11-3-5-16(21)17-6-4-12-23-17/h4,6-10,12,15-16H,2-3,5,11H2,1H3,(H,20,22). The van der Waals surface area contributed by atoms with Crippen molar-refractivity contribution in [1.29, 1.82) is 0 Å². The Balaban J connectivity index is 1.73. The number of amides is 1. The first-order valence-corrected chi connectivity index (χ1v) is 8.92. The van der Waals surface area contributed by atoms with Gasteiger partial charge in [-0.1, -0.05) is 13.0 Å². The van der Waals surface area contributed by atoms with Crippen LogP contribution in [0, 0.1) is 5.82 Å². The summed E-state index contributed by atoms with van der Waals surface area (Å²) in [6.07, 6.45) is 2.97. The molecule has 1 aromatic carbocycles. The van der Waals surface area contributed by atoms with Gasteiger partial charge in [0.25, 0.3) is 0 Å². The van der Waals surface area contributed by atoms with Gasteiger partial charge in [0.15, 0.2) is 0 Å². The smallest absolute Gasteiger partial charge is 0.241 e. The summed E-state index contributed by atoms with van der Waals surface area (Å²) in [4.78, 5) is 16.3. The fourth-order valence-corrected chi connectivity index (χ4v) is 4.16. The predicted octanol–water partition coefficient (Wildman–Crippen LogP) is 4.44. The van der Waals surface area contributed by atoms with E-state index in [4.69, 9.17) is 0 Å². The normalized spacial score (nSPS) is 19.7. The summed E-state index contributed by atoms with van der Waals surface area (Å²) in [6, 6.07) is 10.3. The summed E-state index contributed by atoms with van der Waals surface area (Å²) >= 11 is 1.75. The van der Waals surface area contributed by atoms with Crippen LogP contribution < -0.4 is 5.32 Å². The molecule has 3 nitrogen and oxygen atoms in total. The minimum absolute atomic E-state index is 0.0115. The van der Waals surface area contributed by atoms with Crippen molar-refractivity contribution in [3.8, 4) is 0 Å². The second-order valence-corrected chi connectivity index (χ2v) is 6.81. The van der Waals surface area contributed by atoms with Gasteiger partial charge in [0.05, 0.1) is 6.04 Å². The fraction of sp³-hybridized carbons (Fsp3) is 0.389. The maximum absolute atomic E-state index is 13.0. The Hall–Kier alpha value is -1.72. The SMILES string of the molecule is CCC(C(=O)Nc1ccc(F)cc1)N1CCCC1c1cccs1. The van der Waals surface area contributed by atoms with Crippen molar-refractivity contribution < 1.29 is 9.18 Å². The van der Waals surface area contributed by atoms with Crippen LogP contribution in [0.2, 0.25) is 0 Å². The van der Waals surface area contributed by atoms with Gasteiger partial charge in [-0.15, -0.1) is 11.3 Å². The molecule has 5 heteroatoms. The van der Waals surface area contributed by atoms with Gasteiger partial charge in [0.2, 0.25) is 5.91 Å². The zero-order chi connectivity index (χ0) is 16.2. The van der Waals surface area contributed by atoms with Crippen LogP contribution in [-0.4, -0.2) is 23.4 Å². The second kappa shape index (κ2) is 7.23. The molecule has 1 N–H and O–H groups in total. The highest BCUT2D eigenvalue weighted by Gasteiger charge is 2.35. The molecule has 0 spiro atoms. The van der Waals surface area contributed by atoms with Gasteiger partial charge in [-0.3, -0.25) is 9.69 Å². The molecule has 1 aliphatic rings. The van der Waals surface area contributed by atoms with Crippen LogP contribution in [0.25, 0.3) is 0 Å². The zero-order valence-electron chi connectivity index (χ0n) is 13.2. The quantitative estimate of drug-likeness (QED) is 0.878. The van der Waals surface area contributed by atoms with Gasteiger partial charge in [0.1, 0.15) is 5.82 Å². The Bertz CT molecular complexity index is 642. The first kappa shape index (κ1) is 16.1. The molecule has 122 valence electrons. The van der Waals surface area contributed by atoms with Crippen LogP contribution in [0.1, 0.15) is 37.1 Å². The van der Waals surface area contributed by atoms with E-state index in [1.165, 1.54) is 17.0 Å². The summed E-state index contributed by atoms with van der Waals surface area (Å²) in [5, 5.41) is 5.01. The number of carbonyl (C=O) groups is 1. The maximum atomic E-state index is 13.0. The van der Waals surface area contributed by atoms with E-state index >= 15 is 0 Å². The highest BCUT2D eigenvalue weighted by atomic mass is 32.1. The van der Waals surface area contributed by atoms with Crippen molar-refractivity contribution in [2.75, 3.05) is 11.9 Å². The van der Waals surface area contributed by atoms with E-state index in [0.29, 0.717) is 11.7 Å². The number of anilines is 1. The Morgan fingerprint density at radius 2 is 2.17 bits per heavy atom. The van der Waals surface area contributed by atoms with Crippen LogP contribution in [0.4, 0.5) is 10.1 Å². The summed E-state index contributed by atoms with van der Waals surface area (Å²) in [5.74, 6) is -0.310. The number of likely N-dealkylation sites (tertiary alicyclic amines) is 1. The van der Waals surface area contributed by atoms with Crippen molar-refractivity contribution in [2.45, 2.75) is 38.3 Å². The average molecular weight is 332 g/mol. The third kappa shape index (κ3) is 3.62. The van der Waals surface area contributed by atoms with Crippen molar-refractivity contribution in [1.82, 2.24) is 4.90 Å². The first-order valence-electron chi connectivity index (χ1n) is 8.04. The highest BCUT2D eigenvalue weighted by molar-refractivity contribution is 7.10. The summed E-state index contributed by atoms with van der Waals surface area (Å²) < 4.78 is 13.0. The lowest BCUT2D eigenvalue weighted by molar-refractivity contribution is -0.121. The lowest BCUT2D eigenvalue weighted by Crippen LogP contribution is -2.43. The fourth-order valence-electron chi connectivity index (χ4n) is 3.28. The number of carbonyl (C=O) groups excluding carboxylic acids is 1. The highest BCUT2D eigenvalue weighted by Crippen LogP contribution is 2.36. The molecule has 2 aromatic rings. The largest absolute Gasteiger partial charge is 0.325 e. The van der Waals surface area contributed by atoms with Crippen LogP contribution in [0.3, 0.4) is 0 Å². The summed E-state index contributed by atoms with van der Waals surface area (Å²) in [5.41, 5.74) is 0.640. The third-order valence-corrected chi connectivity index (χ3v) is 5.34. The molecule has 0 saturated carbocycles. The van der Waals surface area contributed by atoms with Gasteiger partial charge < -0.3 is 5.32 Å². The second-order valence-electron chi connectivity index (χ2n) is 5.83. The van der Waals surface area contributed by atoms with E-state index in [0.717, 1.165) is 25.8 Å². The van der Waals surface area contributed by atoms with E-state index in [2.05, 4.69) is 27.7 Å². The number of halogens is 1. The van der Waals surface area contributed by atoms with E-state index < -0.39 is 0 Å². The summed E-state index contributed by atoms with van der Waals surface area (Å²) in [6.45, 7) is 2.98. The summed E-state index contributed by atoms with van der Waals surface area (Å²) in [7, 11) is 0. The molecular weight excluding hydrogens is 311 g/mol.